The highest BCUT2D eigenvalue weighted by atomic mass is 16.7. The lowest BCUT2D eigenvalue weighted by Crippen LogP contribution is -2.37. The van der Waals surface area contributed by atoms with Crippen molar-refractivity contribution >= 4 is 11.7 Å². The lowest BCUT2D eigenvalue weighted by molar-refractivity contribution is -0.170. The molecule has 0 radical (unpaired) electrons. The van der Waals surface area contributed by atoms with Crippen LogP contribution in [0.2, 0.25) is 0 Å². The van der Waals surface area contributed by atoms with Crippen molar-refractivity contribution < 1.29 is 14.4 Å². The van der Waals surface area contributed by atoms with Gasteiger partial charge in [0.25, 0.3) is 0 Å². The number of carbonyl (C=O) groups excluding carboxylic acids is 1. The fraction of sp³-hybridized carbons (Fsp3) is 0.579. The second-order valence-corrected chi connectivity index (χ2v) is 6.96. The molecule has 0 aromatic heterocycles. The van der Waals surface area contributed by atoms with Gasteiger partial charge in [-0.05, 0) is 18.4 Å². The number of methoxy groups -OCH3 is 1. The molecule has 138 valence electrons. The quantitative estimate of drug-likeness (QED) is 0.761. The smallest absolute Gasteiger partial charge is 0.227 e. The van der Waals surface area contributed by atoms with E-state index >= 15 is 0 Å². The van der Waals surface area contributed by atoms with Crippen LogP contribution in [0.3, 0.4) is 0 Å². The fourth-order valence-corrected chi connectivity index (χ4v) is 2.76. The summed E-state index contributed by atoms with van der Waals surface area (Å²) in [7, 11) is 5.20. The van der Waals surface area contributed by atoms with E-state index in [1.807, 2.05) is 26.1 Å². The average Bonchev–Trinajstić information content (AvgIpc) is 2.87. The van der Waals surface area contributed by atoms with Crippen LogP contribution < -0.4 is 0 Å². The molecule has 0 fully saturated rings. The maximum absolute atomic E-state index is 12.4. The molecule has 1 amide bonds. The van der Waals surface area contributed by atoms with E-state index in [1.165, 1.54) is 5.56 Å². The van der Waals surface area contributed by atoms with Crippen molar-refractivity contribution in [2.24, 2.45) is 4.99 Å². The topological polar surface area (TPSA) is 54.4 Å². The lowest BCUT2D eigenvalue weighted by Gasteiger charge is -2.24. The number of rotatable bonds is 7. The van der Waals surface area contributed by atoms with Crippen LogP contribution in [-0.4, -0.2) is 61.8 Å². The van der Waals surface area contributed by atoms with E-state index in [0.29, 0.717) is 19.1 Å². The highest BCUT2D eigenvalue weighted by Gasteiger charge is 2.38. The van der Waals surface area contributed by atoms with Crippen LogP contribution >= 0.6 is 0 Å². The third-order valence-corrected chi connectivity index (χ3v) is 4.35. The summed E-state index contributed by atoms with van der Waals surface area (Å²) in [5, 5.41) is 1.65. The molecule has 0 aliphatic carbocycles. The van der Waals surface area contributed by atoms with E-state index in [1.54, 1.807) is 24.1 Å². The second kappa shape index (κ2) is 7.97. The molecule has 0 spiro atoms. The maximum atomic E-state index is 12.4. The number of carbonyl (C=O) groups is 1. The van der Waals surface area contributed by atoms with Crippen molar-refractivity contribution in [1.29, 1.82) is 0 Å². The lowest BCUT2D eigenvalue weighted by atomic mass is 10.0. The van der Waals surface area contributed by atoms with E-state index in [0.717, 1.165) is 11.4 Å². The van der Waals surface area contributed by atoms with E-state index < -0.39 is 5.72 Å². The summed E-state index contributed by atoms with van der Waals surface area (Å²) in [6.07, 6.45) is 0.186. The second-order valence-electron chi connectivity index (χ2n) is 6.96. The number of hydrogen-bond donors (Lipinski definition) is 0. The highest BCUT2D eigenvalue weighted by molar-refractivity contribution is 5.99. The molecule has 1 atom stereocenters. The molecule has 1 unspecified atom stereocenters. The maximum Gasteiger partial charge on any atom is 0.227 e. The van der Waals surface area contributed by atoms with Crippen LogP contribution in [0.15, 0.2) is 29.3 Å². The first-order valence-electron chi connectivity index (χ1n) is 8.61. The zero-order valence-corrected chi connectivity index (χ0v) is 16.1. The van der Waals surface area contributed by atoms with Gasteiger partial charge in [0.05, 0.1) is 13.0 Å². The number of benzene rings is 1. The Morgan fingerprint density at radius 2 is 2.00 bits per heavy atom. The summed E-state index contributed by atoms with van der Waals surface area (Å²) >= 11 is 0. The Balaban J connectivity index is 2.12. The third-order valence-electron chi connectivity index (χ3n) is 4.35. The van der Waals surface area contributed by atoms with Gasteiger partial charge in [-0.1, -0.05) is 38.1 Å². The van der Waals surface area contributed by atoms with E-state index in [9.17, 15) is 4.79 Å². The summed E-state index contributed by atoms with van der Waals surface area (Å²) in [5.74, 6) is 1.21. The summed E-state index contributed by atoms with van der Waals surface area (Å²) in [5.41, 5.74) is 1.37. The van der Waals surface area contributed by atoms with Gasteiger partial charge in [0, 0.05) is 33.3 Å². The first-order valence-corrected chi connectivity index (χ1v) is 8.61. The minimum Gasteiger partial charge on any atom is -0.383 e. The summed E-state index contributed by atoms with van der Waals surface area (Å²) in [4.78, 5) is 24.6. The minimum absolute atomic E-state index is 0.0203. The number of hydroxylamine groups is 2. The minimum atomic E-state index is -0.890. The van der Waals surface area contributed by atoms with Crippen LogP contribution in [0, 0.1) is 0 Å². The molecule has 25 heavy (non-hydrogen) atoms. The zero-order chi connectivity index (χ0) is 18.6. The van der Waals surface area contributed by atoms with Crippen molar-refractivity contribution in [1.82, 2.24) is 9.96 Å². The van der Waals surface area contributed by atoms with E-state index in [-0.39, 0.29) is 12.3 Å². The molecule has 0 saturated heterocycles. The first-order chi connectivity index (χ1) is 11.8. The largest absolute Gasteiger partial charge is 0.383 e. The predicted octanol–water partition coefficient (Wildman–Crippen LogP) is 2.64. The molecule has 0 bridgehead atoms. The SMILES string of the molecule is COCCN(C)C(=O)CC1(C)N=C(c2ccc(C(C)C)cc2)N(C)O1. The molecule has 1 aromatic rings. The van der Waals surface area contributed by atoms with Gasteiger partial charge in [0.2, 0.25) is 5.91 Å². The monoisotopic (exact) mass is 347 g/mol. The van der Waals surface area contributed by atoms with Crippen molar-refractivity contribution in [3.05, 3.63) is 35.4 Å². The molecular formula is C19H29N3O3. The Morgan fingerprint density at radius 1 is 1.36 bits per heavy atom. The molecule has 0 N–H and O–H groups in total. The van der Waals surface area contributed by atoms with Gasteiger partial charge in [-0.2, -0.15) is 0 Å². The predicted molar refractivity (Wildman–Crippen MR) is 98.5 cm³/mol. The Hall–Kier alpha value is -1.92. The Labute approximate surface area is 150 Å². The number of amides is 1. The molecule has 1 aromatic carbocycles. The van der Waals surface area contributed by atoms with Gasteiger partial charge in [0.1, 0.15) is 0 Å². The van der Waals surface area contributed by atoms with Gasteiger partial charge >= 0.3 is 0 Å². The molecule has 6 heteroatoms. The number of ether oxygens (including phenoxy) is 1. The van der Waals surface area contributed by atoms with Gasteiger partial charge < -0.3 is 9.64 Å². The standard InChI is InChI=1S/C19H29N3O3/c1-14(2)15-7-9-16(10-8-15)18-20-19(3,25-22(18)5)13-17(23)21(4)11-12-24-6/h7-10,14H,11-13H2,1-6H3. The highest BCUT2D eigenvalue weighted by Crippen LogP contribution is 2.29. The number of nitrogens with zero attached hydrogens (tertiary/aromatic N) is 3. The zero-order valence-electron chi connectivity index (χ0n) is 16.1. The third kappa shape index (κ3) is 4.80. The van der Waals surface area contributed by atoms with Crippen molar-refractivity contribution in [3.8, 4) is 0 Å². The Bertz CT molecular complexity index is 627. The number of amidine groups is 1. The first kappa shape index (κ1) is 19.4. The van der Waals surface area contributed by atoms with Gasteiger partial charge in [-0.3, -0.25) is 4.79 Å². The summed E-state index contributed by atoms with van der Waals surface area (Å²) < 4.78 is 5.02. The average molecular weight is 347 g/mol. The summed E-state index contributed by atoms with van der Waals surface area (Å²) in [6.45, 7) is 7.23. The van der Waals surface area contributed by atoms with Crippen LogP contribution in [0.1, 0.15) is 44.2 Å². The van der Waals surface area contributed by atoms with E-state index in [2.05, 4.69) is 26.0 Å². The normalized spacial score (nSPS) is 20.1. The number of likely N-dealkylation sites (N-methyl/N-ethyl adjacent to an activating group) is 1. The summed E-state index contributed by atoms with van der Waals surface area (Å²) in [6, 6.07) is 8.31. The number of aliphatic imine (C=N–C) groups is 1. The van der Waals surface area contributed by atoms with Crippen molar-refractivity contribution in [3.63, 3.8) is 0 Å². The van der Waals surface area contributed by atoms with Crippen molar-refractivity contribution in [2.45, 2.75) is 38.8 Å². The molecule has 1 aliphatic heterocycles. The van der Waals surface area contributed by atoms with Gasteiger partial charge in [-0.25, -0.2) is 14.9 Å². The fourth-order valence-electron chi connectivity index (χ4n) is 2.76. The molecular weight excluding hydrogens is 318 g/mol. The molecule has 1 aliphatic rings. The molecule has 0 saturated carbocycles. The molecule has 2 rings (SSSR count). The Morgan fingerprint density at radius 3 is 2.56 bits per heavy atom. The molecule has 6 nitrogen and oxygen atoms in total. The van der Waals surface area contributed by atoms with Crippen LogP contribution in [0.5, 0.6) is 0 Å². The Kier molecular flexibility index (Phi) is 6.19. The van der Waals surface area contributed by atoms with Gasteiger partial charge in [-0.15, -0.1) is 0 Å². The van der Waals surface area contributed by atoms with Gasteiger partial charge in [0.15, 0.2) is 11.6 Å². The molecule has 1 heterocycles. The number of hydrogen-bond acceptors (Lipinski definition) is 5. The van der Waals surface area contributed by atoms with Crippen LogP contribution in [-0.2, 0) is 14.4 Å². The van der Waals surface area contributed by atoms with Crippen LogP contribution in [0.25, 0.3) is 0 Å². The van der Waals surface area contributed by atoms with Crippen molar-refractivity contribution in [2.75, 3.05) is 34.4 Å². The van der Waals surface area contributed by atoms with E-state index in [4.69, 9.17) is 14.6 Å². The van der Waals surface area contributed by atoms with Crippen LogP contribution in [0.4, 0.5) is 0 Å².